The van der Waals surface area contributed by atoms with Crippen molar-refractivity contribution in [3.8, 4) is 11.8 Å². The number of allylic oxidation sites excluding steroid dienone is 1. The maximum absolute atomic E-state index is 8.48. The molecule has 0 amide bonds. The lowest BCUT2D eigenvalue weighted by molar-refractivity contribution is 0.341. The zero-order chi connectivity index (χ0) is 7.82. The number of hydrogen-bond acceptors (Lipinski definition) is 1. The summed E-state index contributed by atoms with van der Waals surface area (Å²) in [6.45, 7) is 3.99. The Bertz CT molecular complexity index is 157. The smallest absolute Gasteiger partial charge is 0.0614 e. The summed E-state index contributed by atoms with van der Waals surface area (Å²) >= 11 is 0. The average molecular weight is 138 g/mol. The highest BCUT2D eigenvalue weighted by Gasteiger charge is 1.84. The van der Waals surface area contributed by atoms with Gasteiger partial charge >= 0.3 is 0 Å². The Balaban J connectivity index is 3.45. The van der Waals surface area contributed by atoms with Gasteiger partial charge in [-0.15, -0.1) is 11.8 Å². The predicted octanol–water partition coefficient (Wildman–Crippen LogP) is 1.73. The molecule has 0 fully saturated rings. The first-order chi connectivity index (χ1) is 4.81. The van der Waals surface area contributed by atoms with Crippen molar-refractivity contribution >= 4 is 0 Å². The molecule has 0 aromatic carbocycles. The van der Waals surface area contributed by atoms with Crippen LogP contribution in [-0.2, 0) is 0 Å². The largest absolute Gasteiger partial charge is 0.392 e. The first-order valence-electron chi connectivity index (χ1n) is 3.47. The van der Waals surface area contributed by atoms with Gasteiger partial charge in [0.2, 0.25) is 0 Å². The van der Waals surface area contributed by atoms with Crippen LogP contribution >= 0.6 is 0 Å². The second-order valence-electron chi connectivity index (χ2n) is 2.16. The maximum atomic E-state index is 8.48. The Hall–Kier alpha value is -0.740. The molecule has 0 spiro atoms. The third kappa shape index (κ3) is 5.40. The molecule has 0 atom stereocenters. The Morgan fingerprint density at radius 1 is 1.60 bits per heavy atom. The van der Waals surface area contributed by atoms with Gasteiger partial charge in [0.15, 0.2) is 0 Å². The molecule has 0 saturated carbocycles. The monoisotopic (exact) mass is 138 g/mol. The highest BCUT2D eigenvalue weighted by Crippen LogP contribution is 2.01. The third-order valence-corrected chi connectivity index (χ3v) is 1.26. The quantitative estimate of drug-likeness (QED) is 0.465. The lowest BCUT2D eigenvalue weighted by Crippen LogP contribution is -1.79. The van der Waals surface area contributed by atoms with Crippen molar-refractivity contribution in [1.29, 1.82) is 0 Å². The molecular formula is C9H14O. The molecule has 0 heterocycles. The topological polar surface area (TPSA) is 20.2 Å². The van der Waals surface area contributed by atoms with E-state index in [0.29, 0.717) is 0 Å². The van der Waals surface area contributed by atoms with Gasteiger partial charge < -0.3 is 5.11 Å². The van der Waals surface area contributed by atoms with Crippen molar-refractivity contribution < 1.29 is 5.11 Å². The molecule has 0 saturated heterocycles. The standard InChI is InChI=1S/C9H14O/c1-3-4-5-6-9(2)7-8-10/h7,10H,5-6,8H2,1-2H3. The van der Waals surface area contributed by atoms with E-state index in [0.717, 1.165) is 12.8 Å². The van der Waals surface area contributed by atoms with Crippen LogP contribution in [0.3, 0.4) is 0 Å². The molecule has 0 aliphatic rings. The number of aliphatic hydroxyl groups excluding tert-OH is 1. The van der Waals surface area contributed by atoms with Crippen LogP contribution in [0.15, 0.2) is 11.6 Å². The van der Waals surface area contributed by atoms with E-state index in [4.69, 9.17) is 5.11 Å². The normalized spacial score (nSPS) is 10.5. The molecule has 0 bridgehead atoms. The van der Waals surface area contributed by atoms with Crippen molar-refractivity contribution in [1.82, 2.24) is 0 Å². The van der Waals surface area contributed by atoms with E-state index in [2.05, 4.69) is 11.8 Å². The Kier molecular flexibility index (Phi) is 5.91. The van der Waals surface area contributed by atoms with Crippen molar-refractivity contribution in [3.63, 3.8) is 0 Å². The molecule has 1 heteroatoms. The van der Waals surface area contributed by atoms with Gasteiger partial charge in [-0.1, -0.05) is 11.6 Å². The van der Waals surface area contributed by atoms with Crippen molar-refractivity contribution in [2.24, 2.45) is 0 Å². The number of rotatable bonds is 3. The van der Waals surface area contributed by atoms with Crippen LogP contribution in [0.4, 0.5) is 0 Å². The van der Waals surface area contributed by atoms with Gasteiger partial charge in [-0.2, -0.15) is 0 Å². The molecular weight excluding hydrogens is 124 g/mol. The third-order valence-electron chi connectivity index (χ3n) is 1.26. The molecule has 0 unspecified atom stereocenters. The number of aliphatic hydroxyl groups is 1. The number of hydrogen-bond donors (Lipinski definition) is 1. The van der Waals surface area contributed by atoms with E-state index in [-0.39, 0.29) is 6.61 Å². The molecule has 0 aliphatic heterocycles. The minimum absolute atomic E-state index is 0.144. The van der Waals surface area contributed by atoms with Crippen LogP contribution in [0.25, 0.3) is 0 Å². The summed E-state index contributed by atoms with van der Waals surface area (Å²) in [6, 6.07) is 0. The first-order valence-corrected chi connectivity index (χ1v) is 3.47. The van der Waals surface area contributed by atoms with Gasteiger partial charge in [0.05, 0.1) is 6.61 Å². The molecule has 1 nitrogen and oxygen atoms in total. The molecule has 0 aliphatic carbocycles. The van der Waals surface area contributed by atoms with Crippen LogP contribution in [0.5, 0.6) is 0 Å². The van der Waals surface area contributed by atoms with E-state index in [1.54, 1.807) is 0 Å². The van der Waals surface area contributed by atoms with Crippen LogP contribution < -0.4 is 0 Å². The summed E-state index contributed by atoms with van der Waals surface area (Å²) < 4.78 is 0. The highest BCUT2D eigenvalue weighted by molar-refractivity contribution is 5.03. The van der Waals surface area contributed by atoms with Gasteiger partial charge in [-0.05, 0) is 20.3 Å². The molecule has 0 radical (unpaired) electrons. The van der Waals surface area contributed by atoms with Gasteiger partial charge in [0.25, 0.3) is 0 Å². The van der Waals surface area contributed by atoms with Gasteiger partial charge in [-0.25, -0.2) is 0 Å². The predicted molar refractivity (Wildman–Crippen MR) is 43.5 cm³/mol. The van der Waals surface area contributed by atoms with E-state index < -0.39 is 0 Å². The summed E-state index contributed by atoms with van der Waals surface area (Å²) in [6.07, 6.45) is 3.69. The van der Waals surface area contributed by atoms with Crippen LogP contribution in [0.2, 0.25) is 0 Å². The molecule has 1 N–H and O–H groups in total. The fourth-order valence-corrected chi connectivity index (χ4v) is 0.643. The summed E-state index contributed by atoms with van der Waals surface area (Å²) in [4.78, 5) is 0. The van der Waals surface area contributed by atoms with Crippen molar-refractivity contribution in [2.45, 2.75) is 26.7 Å². The molecule has 10 heavy (non-hydrogen) atoms. The zero-order valence-electron chi connectivity index (χ0n) is 6.65. The maximum Gasteiger partial charge on any atom is 0.0614 e. The summed E-state index contributed by atoms with van der Waals surface area (Å²) in [5.41, 5.74) is 1.21. The van der Waals surface area contributed by atoms with E-state index in [1.165, 1.54) is 5.57 Å². The SMILES string of the molecule is CC#CCCC(C)=CCO. The van der Waals surface area contributed by atoms with Gasteiger partial charge in [-0.3, -0.25) is 0 Å². The summed E-state index contributed by atoms with van der Waals surface area (Å²) in [5.74, 6) is 5.79. The molecule has 0 rings (SSSR count). The fourth-order valence-electron chi connectivity index (χ4n) is 0.643. The van der Waals surface area contributed by atoms with Gasteiger partial charge in [0.1, 0.15) is 0 Å². The van der Waals surface area contributed by atoms with Gasteiger partial charge in [0, 0.05) is 6.42 Å². The fraction of sp³-hybridized carbons (Fsp3) is 0.556. The van der Waals surface area contributed by atoms with Crippen molar-refractivity contribution in [2.75, 3.05) is 6.61 Å². The second kappa shape index (κ2) is 6.38. The Labute approximate surface area is 62.8 Å². The lowest BCUT2D eigenvalue weighted by atomic mass is 10.1. The van der Waals surface area contributed by atoms with Crippen LogP contribution in [0.1, 0.15) is 26.7 Å². The van der Waals surface area contributed by atoms with Crippen LogP contribution in [0, 0.1) is 11.8 Å². The molecule has 0 aromatic rings. The summed E-state index contributed by atoms with van der Waals surface area (Å²) in [5, 5.41) is 8.48. The van der Waals surface area contributed by atoms with E-state index in [1.807, 2.05) is 19.9 Å². The molecule has 56 valence electrons. The Morgan fingerprint density at radius 3 is 2.80 bits per heavy atom. The summed E-state index contributed by atoms with van der Waals surface area (Å²) in [7, 11) is 0. The first kappa shape index (κ1) is 9.26. The van der Waals surface area contributed by atoms with Crippen molar-refractivity contribution in [3.05, 3.63) is 11.6 Å². The minimum Gasteiger partial charge on any atom is -0.392 e. The molecule has 0 aromatic heterocycles. The van der Waals surface area contributed by atoms with E-state index in [9.17, 15) is 0 Å². The zero-order valence-corrected chi connectivity index (χ0v) is 6.65. The minimum atomic E-state index is 0.144. The second-order valence-corrected chi connectivity index (χ2v) is 2.16. The lowest BCUT2D eigenvalue weighted by Gasteiger charge is -1.93. The Morgan fingerprint density at radius 2 is 2.30 bits per heavy atom. The average Bonchev–Trinajstić information content (AvgIpc) is 1.89. The van der Waals surface area contributed by atoms with E-state index >= 15 is 0 Å². The van der Waals surface area contributed by atoms with Crippen LogP contribution in [-0.4, -0.2) is 11.7 Å². The highest BCUT2D eigenvalue weighted by atomic mass is 16.2.